The fraction of sp³-hybridized carbons (Fsp3) is 0.200. The predicted octanol–water partition coefficient (Wildman–Crippen LogP) is 1.79. The lowest BCUT2D eigenvalue weighted by Gasteiger charge is -2.10. The second-order valence-electron chi connectivity index (χ2n) is 2.77. The van der Waals surface area contributed by atoms with E-state index in [1.54, 1.807) is 0 Å². The van der Waals surface area contributed by atoms with Crippen LogP contribution in [0.3, 0.4) is 0 Å². The van der Waals surface area contributed by atoms with Gasteiger partial charge in [0, 0.05) is 5.02 Å². The smallest absolute Gasteiger partial charge is 0.107 e. The second kappa shape index (κ2) is 4.29. The first-order chi connectivity index (χ1) is 6.19. The van der Waals surface area contributed by atoms with Crippen LogP contribution in [0.4, 0.5) is 0 Å². The van der Waals surface area contributed by atoms with Crippen molar-refractivity contribution in [1.29, 1.82) is 0 Å². The summed E-state index contributed by atoms with van der Waals surface area (Å²) >= 11 is 5.93. The Labute approximate surface area is 83.1 Å². The minimum atomic E-state index is -0.280. The van der Waals surface area contributed by atoms with Crippen molar-refractivity contribution in [3.8, 4) is 12.3 Å². The van der Waals surface area contributed by atoms with Crippen LogP contribution in [-0.2, 0) is 0 Å². The van der Waals surface area contributed by atoms with Crippen LogP contribution in [0.1, 0.15) is 17.2 Å². The molecule has 0 heterocycles. The zero-order valence-corrected chi connectivity index (χ0v) is 8.10. The monoisotopic (exact) mass is 194 g/mol. The number of aryl methyl sites for hydroxylation is 1. The van der Waals surface area contributed by atoms with Crippen LogP contribution >= 0.6 is 11.6 Å². The minimum absolute atomic E-state index is 0.280. The van der Waals surface area contributed by atoms with Crippen LogP contribution in [0.2, 0.25) is 5.02 Å². The molecular weight excluding hydrogens is 184 g/mol. The van der Waals surface area contributed by atoms with Crippen LogP contribution in [0.5, 0.6) is 0 Å². The average molecular weight is 195 g/mol. The first kappa shape index (κ1) is 10.1. The van der Waals surface area contributed by atoms with Gasteiger partial charge in [-0.05, 0) is 24.1 Å². The first-order valence-corrected chi connectivity index (χ1v) is 4.25. The van der Waals surface area contributed by atoms with Crippen molar-refractivity contribution in [3.05, 3.63) is 34.3 Å². The number of nitrogens with two attached hydrogens (primary N) is 1. The molecular formula is C10H11ClN2. The van der Waals surface area contributed by atoms with E-state index in [1.807, 2.05) is 25.1 Å². The Morgan fingerprint density at radius 3 is 2.77 bits per heavy atom. The lowest BCUT2D eigenvalue weighted by Crippen LogP contribution is -2.26. The Balaban J connectivity index is 3.04. The van der Waals surface area contributed by atoms with Crippen LogP contribution in [-0.4, -0.2) is 0 Å². The molecule has 0 aliphatic heterocycles. The summed E-state index contributed by atoms with van der Waals surface area (Å²) in [7, 11) is 0. The highest BCUT2D eigenvalue weighted by Crippen LogP contribution is 2.20. The molecule has 1 aromatic rings. The molecule has 0 aliphatic rings. The summed E-state index contributed by atoms with van der Waals surface area (Å²) in [6.45, 7) is 1.94. The molecule has 2 nitrogen and oxygen atoms in total. The first-order valence-electron chi connectivity index (χ1n) is 3.87. The molecule has 3 N–H and O–H groups in total. The molecule has 0 amide bonds. The zero-order valence-electron chi connectivity index (χ0n) is 7.34. The summed E-state index contributed by atoms with van der Waals surface area (Å²) in [6, 6.07) is 5.37. The summed E-state index contributed by atoms with van der Waals surface area (Å²) in [4.78, 5) is 0. The third-order valence-electron chi connectivity index (χ3n) is 1.86. The van der Waals surface area contributed by atoms with E-state index in [9.17, 15) is 0 Å². The van der Waals surface area contributed by atoms with Crippen molar-refractivity contribution in [3.63, 3.8) is 0 Å². The maximum atomic E-state index is 5.93. The van der Waals surface area contributed by atoms with Crippen LogP contribution in [0, 0.1) is 19.3 Å². The van der Waals surface area contributed by atoms with E-state index in [4.69, 9.17) is 23.9 Å². The number of nitrogens with one attached hydrogen (secondary N) is 1. The van der Waals surface area contributed by atoms with Crippen LogP contribution in [0.15, 0.2) is 18.2 Å². The fourth-order valence-corrected chi connectivity index (χ4v) is 1.22. The van der Waals surface area contributed by atoms with E-state index < -0.39 is 0 Å². The second-order valence-corrected chi connectivity index (χ2v) is 3.18. The summed E-state index contributed by atoms with van der Waals surface area (Å²) in [6.07, 6.45) is 5.27. The predicted molar refractivity (Wildman–Crippen MR) is 55.1 cm³/mol. The van der Waals surface area contributed by atoms with Gasteiger partial charge in [-0.2, -0.15) is 0 Å². The van der Waals surface area contributed by atoms with E-state index in [2.05, 4.69) is 11.3 Å². The van der Waals surface area contributed by atoms with Gasteiger partial charge in [0.15, 0.2) is 0 Å². The van der Waals surface area contributed by atoms with Gasteiger partial charge in [0.25, 0.3) is 0 Å². The number of hydrogen-bond acceptors (Lipinski definition) is 2. The molecule has 0 saturated carbocycles. The SMILES string of the molecule is C#CC(NN)c1ccc(C)c(Cl)c1. The number of hydrazine groups is 1. The van der Waals surface area contributed by atoms with Gasteiger partial charge in [0.05, 0.1) is 0 Å². The number of hydrogen-bond donors (Lipinski definition) is 2. The molecule has 68 valence electrons. The summed E-state index contributed by atoms with van der Waals surface area (Å²) in [5.74, 6) is 7.79. The topological polar surface area (TPSA) is 38.0 Å². The van der Waals surface area contributed by atoms with Crippen LogP contribution < -0.4 is 11.3 Å². The normalized spacial score (nSPS) is 12.2. The maximum Gasteiger partial charge on any atom is 0.107 e. The van der Waals surface area contributed by atoms with Gasteiger partial charge in [-0.1, -0.05) is 29.7 Å². The van der Waals surface area contributed by atoms with Crippen molar-refractivity contribution < 1.29 is 0 Å². The molecule has 3 heteroatoms. The molecule has 0 saturated heterocycles. The summed E-state index contributed by atoms with van der Waals surface area (Å²) in [5, 5.41) is 0.702. The summed E-state index contributed by atoms with van der Waals surface area (Å²) < 4.78 is 0. The van der Waals surface area contributed by atoms with E-state index >= 15 is 0 Å². The van der Waals surface area contributed by atoms with Gasteiger partial charge in [-0.15, -0.1) is 6.42 Å². The lowest BCUT2D eigenvalue weighted by molar-refractivity contribution is 0.673. The van der Waals surface area contributed by atoms with Gasteiger partial charge in [0.2, 0.25) is 0 Å². The highest BCUT2D eigenvalue weighted by Gasteiger charge is 2.06. The molecule has 1 rings (SSSR count). The molecule has 0 bridgehead atoms. The molecule has 1 atom stereocenters. The Bertz CT molecular complexity index is 341. The molecule has 0 aliphatic carbocycles. The highest BCUT2D eigenvalue weighted by atomic mass is 35.5. The Morgan fingerprint density at radius 2 is 2.31 bits per heavy atom. The highest BCUT2D eigenvalue weighted by molar-refractivity contribution is 6.31. The fourth-order valence-electron chi connectivity index (χ4n) is 1.03. The number of rotatable bonds is 2. The van der Waals surface area contributed by atoms with Gasteiger partial charge in [-0.3, -0.25) is 5.84 Å². The lowest BCUT2D eigenvalue weighted by atomic mass is 10.1. The standard InChI is InChI=1S/C10H11ClN2/c1-3-10(13-12)8-5-4-7(2)9(11)6-8/h1,4-6,10,13H,12H2,2H3. The zero-order chi connectivity index (χ0) is 9.84. The Morgan fingerprint density at radius 1 is 1.62 bits per heavy atom. The van der Waals surface area contributed by atoms with Gasteiger partial charge >= 0.3 is 0 Å². The quantitative estimate of drug-likeness (QED) is 0.428. The minimum Gasteiger partial charge on any atom is -0.270 e. The number of terminal acetylenes is 1. The third-order valence-corrected chi connectivity index (χ3v) is 2.27. The van der Waals surface area contributed by atoms with E-state index in [-0.39, 0.29) is 6.04 Å². The summed E-state index contributed by atoms with van der Waals surface area (Å²) in [5.41, 5.74) is 4.45. The van der Waals surface area contributed by atoms with Crippen molar-refractivity contribution in [2.24, 2.45) is 5.84 Å². The van der Waals surface area contributed by atoms with Crippen molar-refractivity contribution in [2.45, 2.75) is 13.0 Å². The Kier molecular flexibility index (Phi) is 3.32. The Hall–Kier alpha value is -1.01. The molecule has 0 aromatic heterocycles. The average Bonchev–Trinajstić information content (AvgIpc) is 2.13. The van der Waals surface area contributed by atoms with Gasteiger partial charge in [-0.25, -0.2) is 5.43 Å². The van der Waals surface area contributed by atoms with Crippen molar-refractivity contribution in [1.82, 2.24) is 5.43 Å². The molecule has 0 fully saturated rings. The largest absolute Gasteiger partial charge is 0.270 e. The van der Waals surface area contributed by atoms with E-state index in [1.165, 1.54) is 0 Å². The van der Waals surface area contributed by atoms with Gasteiger partial charge < -0.3 is 0 Å². The molecule has 1 unspecified atom stereocenters. The number of halogens is 1. The third kappa shape index (κ3) is 2.22. The van der Waals surface area contributed by atoms with Gasteiger partial charge in [0.1, 0.15) is 6.04 Å². The van der Waals surface area contributed by atoms with Crippen LogP contribution in [0.25, 0.3) is 0 Å². The maximum absolute atomic E-state index is 5.93. The van der Waals surface area contributed by atoms with Crippen molar-refractivity contribution in [2.75, 3.05) is 0 Å². The van der Waals surface area contributed by atoms with E-state index in [0.29, 0.717) is 5.02 Å². The van der Waals surface area contributed by atoms with E-state index in [0.717, 1.165) is 11.1 Å². The molecule has 0 radical (unpaired) electrons. The molecule has 13 heavy (non-hydrogen) atoms. The van der Waals surface area contributed by atoms with Crippen molar-refractivity contribution >= 4 is 11.6 Å². The number of benzene rings is 1. The molecule has 1 aromatic carbocycles. The molecule has 0 spiro atoms.